The number of phenolic OH excluding ortho intramolecular Hbond substituents is 1. The van der Waals surface area contributed by atoms with Crippen molar-refractivity contribution in [2.24, 2.45) is 11.8 Å². The third-order valence-corrected chi connectivity index (χ3v) is 4.66. The highest BCUT2D eigenvalue weighted by molar-refractivity contribution is 5.44. The number of nitrogens with one attached hydrogen (secondary N) is 1. The Balaban J connectivity index is 1.73. The molecule has 4 unspecified atom stereocenters. The van der Waals surface area contributed by atoms with E-state index >= 15 is 0 Å². The Hall–Kier alpha value is -1.22. The van der Waals surface area contributed by atoms with Crippen molar-refractivity contribution in [3.05, 3.63) is 23.8 Å². The second-order valence-electron chi connectivity index (χ2n) is 5.77. The van der Waals surface area contributed by atoms with Crippen LogP contribution < -0.4 is 10.1 Å². The lowest BCUT2D eigenvalue weighted by Crippen LogP contribution is -2.36. The van der Waals surface area contributed by atoms with E-state index in [4.69, 9.17) is 4.74 Å². The summed E-state index contributed by atoms with van der Waals surface area (Å²) in [7, 11) is 0. The van der Waals surface area contributed by atoms with Gasteiger partial charge in [-0.2, -0.15) is 0 Å². The van der Waals surface area contributed by atoms with E-state index in [0.29, 0.717) is 12.6 Å². The molecule has 2 aliphatic rings. The van der Waals surface area contributed by atoms with Crippen molar-refractivity contribution in [1.82, 2.24) is 5.32 Å². The fraction of sp³-hybridized carbons (Fsp3) is 0.600. The zero-order valence-corrected chi connectivity index (χ0v) is 11.0. The molecule has 4 atom stereocenters. The molecule has 0 spiro atoms. The summed E-state index contributed by atoms with van der Waals surface area (Å²) >= 11 is 0. The van der Waals surface area contributed by atoms with Crippen molar-refractivity contribution in [3.63, 3.8) is 0 Å². The first-order chi connectivity index (χ1) is 8.65. The van der Waals surface area contributed by atoms with Gasteiger partial charge in [0, 0.05) is 17.7 Å². The highest BCUT2D eigenvalue weighted by Gasteiger charge is 2.33. The number of benzene rings is 1. The van der Waals surface area contributed by atoms with Crippen molar-refractivity contribution in [3.8, 4) is 11.5 Å². The lowest BCUT2D eigenvalue weighted by atomic mass is 9.96. The molecule has 3 heteroatoms. The molecule has 18 heavy (non-hydrogen) atoms. The van der Waals surface area contributed by atoms with Crippen molar-refractivity contribution < 1.29 is 9.84 Å². The number of phenols is 1. The second kappa shape index (κ2) is 4.47. The first-order valence-corrected chi connectivity index (χ1v) is 6.87. The Bertz CT molecular complexity index is 446. The van der Waals surface area contributed by atoms with E-state index in [-0.39, 0.29) is 11.8 Å². The maximum Gasteiger partial charge on any atom is 0.127 e. The van der Waals surface area contributed by atoms with E-state index in [1.165, 1.54) is 18.4 Å². The summed E-state index contributed by atoms with van der Waals surface area (Å²) in [5, 5.41) is 13.2. The molecule has 1 saturated carbocycles. The molecule has 3 nitrogen and oxygen atoms in total. The number of ether oxygens (including phenoxy) is 1. The van der Waals surface area contributed by atoms with Gasteiger partial charge in [0.15, 0.2) is 0 Å². The fourth-order valence-electron chi connectivity index (χ4n) is 3.20. The van der Waals surface area contributed by atoms with E-state index in [9.17, 15) is 5.11 Å². The number of hydrogen-bond acceptors (Lipinski definition) is 3. The molecule has 1 fully saturated rings. The van der Waals surface area contributed by atoms with Crippen LogP contribution >= 0.6 is 0 Å². The smallest absolute Gasteiger partial charge is 0.127 e. The minimum Gasteiger partial charge on any atom is -0.508 e. The molecule has 0 radical (unpaired) electrons. The first-order valence-electron chi connectivity index (χ1n) is 6.87. The summed E-state index contributed by atoms with van der Waals surface area (Å²) < 4.78 is 5.64. The molecule has 1 heterocycles. The average Bonchev–Trinajstić information content (AvgIpc) is 2.88. The van der Waals surface area contributed by atoms with Gasteiger partial charge in [-0.3, -0.25) is 0 Å². The van der Waals surface area contributed by atoms with Crippen LogP contribution in [0.3, 0.4) is 0 Å². The molecule has 2 N–H and O–H groups in total. The molecule has 1 aromatic rings. The number of aromatic hydroxyl groups is 1. The predicted octanol–water partition coefficient (Wildman–Crippen LogP) is 2.85. The number of rotatable bonds is 2. The lowest BCUT2D eigenvalue weighted by molar-refractivity contribution is 0.275. The topological polar surface area (TPSA) is 41.5 Å². The van der Waals surface area contributed by atoms with Gasteiger partial charge in [-0.25, -0.2) is 0 Å². The van der Waals surface area contributed by atoms with Crippen LogP contribution in [0.25, 0.3) is 0 Å². The van der Waals surface area contributed by atoms with Crippen LogP contribution in [0.5, 0.6) is 11.5 Å². The van der Waals surface area contributed by atoms with Gasteiger partial charge in [-0.1, -0.05) is 13.8 Å². The summed E-state index contributed by atoms with van der Waals surface area (Å²) in [5.74, 6) is 2.64. The standard InChI is InChI=1S/C15H21NO2/c1-9-3-6-13(10(9)2)16-14-8-18-15-7-11(17)4-5-12(14)15/h4-5,7,9-10,13-14,16-17H,3,6,8H2,1-2H3. The Labute approximate surface area is 108 Å². The van der Waals surface area contributed by atoms with Gasteiger partial charge in [0.2, 0.25) is 0 Å². The maximum absolute atomic E-state index is 9.44. The van der Waals surface area contributed by atoms with Crippen molar-refractivity contribution in [2.75, 3.05) is 6.61 Å². The van der Waals surface area contributed by atoms with Crippen LogP contribution in [0.15, 0.2) is 18.2 Å². The van der Waals surface area contributed by atoms with Gasteiger partial charge in [0.05, 0.1) is 6.04 Å². The van der Waals surface area contributed by atoms with Gasteiger partial charge in [-0.05, 0) is 36.8 Å². The van der Waals surface area contributed by atoms with E-state index in [1.54, 1.807) is 12.1 Å². The summed E-state index contributed by atoms with van der Waals surface area (Å²) in [6, 6.07) is 6.28. The zero-order chi connectivity index (χ0) is 12.7. The summed E-state index contributed by atoms with van der Waals surface area (Å²) in [4.78, 5) is 0. The molecular formula is C15H21NO2. The highest BCUT2D eigenvalue weighted by Crippen LogP contribution is 2.38. The van der Waals surface area contributed by atoms with Crippen LogP contribution in [-0.4, -0.2) is 17.8 Å². The quantitative estimate of drug-likeness (QED) is 0.844. The highest BCUT2D eigenvalue weighted by atomic mass is 16.5. The molecule has 0 saturated heterocycles. The molecule has 1 aromatic carbocycles. The Morgan fingerprint density at radius 1 is 1.28 bits per heavy atom. The van der Waals surface area contributed by atoms with E-state index in [2.05, 4.69) is 19.2 Å². The Morgan fingerprint density at radius 2 is 2.11 bits per heavy atom. The molecule has 1 aliphatic carbocycles. The second-order valence-corrected chi connectivity index (χ2v) is 5.77. The third kappa shape index (κ3) is 1.97. The summed E-state index contributed by atoms with van der Waals surface area (Å²) in [5.41, 5.74) is 1.18. The summed E-state index contributed by atoms with van der Waals surface area (Å²) in [6.07, 6.45) is 2.57. The lowest BCUT2D eigenvalue weighted by Gasteiger charge is -2.23. The molecule has 0 amide bonds. The zero-order valence-electron chi connectivity index (χ0n) is 11.0. The van der Waals surface area contributed by atoms with Crippen LogP contribution in [0.2, 0.25) is 0 Å². The van der Waals surface area contributed by atoms with E-state index in [1.807, 2.05) is 6.07 Å². The largest absolute Gasteiger partial charge is 0.508 e. The molecule has 98 valence electrons. The van der Waals surface area contributed by atoms with Gasteiger partial charge in [0.1, 0.15) is 18.1 Å². The molecule has 0 bridgehead atoms. The number of fused-ring (bicyclic) bond motifs is 1. The van der Waals surface area contributed by atoms with Crippen LogP contribution in [-0.2, 0) is 0 Å². The van der Waals surface area contributed by atoms with Crippen LogP contribution in [0.4, 0.5) is 0 Å². The average molecular weight is 247 g/mol. The molecule has 3 rings (SSSR count). The minimum absolute atomic E-state index is 0.275. The SMILES string of the molecule is CC1CCC(NC2COc3cc(O)ccc32)C1C. The van der Waals surface area contributed by atoms with Gasteiger partial charge in [-0.15, -0.1) is 0 Å². The van der Waals surface area contributed by atoms with E-state index < -0.39 is 0 Å². The first kappa shape index (κ1) is 11.8. The van der Waals surface area contributed by atoms with Crippen LogP contribution in [0, 0.1) is 11.8 Å². The van der Waals surface area contributed by atoms with Gasteiger partial charge >= 0.3 is 0 Å². The van der Waals surface area contributed by atoms with E-state index in [0.717, 1.165) is 17.6 Å². The third-order valence-electron chi connectivity index (χ3n) is 4.66. The maximum atomic E-state index is 9.44. The Kier molecular flexibility index (Phi) is 2.94. The monoisotopic (exact) mass is 247 g/mol. The molecular weight excluding hydrogens is 226 g/mol. The molecule has 0 aromatic heterocycles. The van der Waals surface area contributed by atoms with Crippen molar-refractivity contribution in [1.29, 1.82) is 0 Å². The van der Waals surface area contributed by atoms with Crippen molar-refractivity contribution >= 4 is 0 Å². The fourth-order valence-corrected chi connectivity index (χ4v) is 3.20. The minimum atomic E-state index is 0.275. The molecule has 1 aliphatic heterocycles. The van der Waals surface area contributed by atoms with Gasteiger partial charge < -0.3 is 15.2 Å². The van der Waals surface area contributed by atoms with Crippen LogP contribution in [0.1, 0.15) is 38.3 Å². The normalized spacial score (nSPS) is 34.3. The number of hydrogen-bond donors (Lipinski definition) is 2. The van der Waals surface area contributed by atoms with Crippen molar-refractivity contribution in [2.45, 2.75) is 38.8 Å². The predicted molar refractivity (Wildman–Crippen MR) is 70.8 cm³/mol. The Morgan fingerprint density at radius 3 is 2.83 bits per heavy atom. The van der Waals surface area contributed by atoms with Gasteiger partial charge in [0.25, 0.3) is 0 Å². The summed E-state index contributed by atoms with van der Waals surface area (Å²) in [6.45, 7) is 5.35.